The van der Waals surface area contributed by atoms with Crippen molar-refractivity contribution in [3.63, 3.8) is 0 Å². The Labute approximate surface area is 205 Å². The van der Waals surface area contributed by atoms with E-state index >= 15 is 0 Å². The van der Waals surface area contributed by atoms with E-state index in [0.29, 0.717) is 5.57 Å². The minimum Gasteiger partial charge on any atom is -0.466 e. The quantitative estimate of drug-likeness (QED) is 0.354. The summed E-state index contributed by atoms with van der Waals surface area (Å²) in [6.07, 6.45) is 7.68. The van der Waals surface area contributed by atoms with Crippen LogP contribution >= 0.6 is 0 Å². The van der Waals surface area contributed by atoms with Crippen molar-refractivity contribution in [2.45, 2.75) is 85.0 Å². The van der Waals surface area contributed by atoms with Gasteiger partial charge in [-0.3, -0.25) is 0 Å². The first-order valence-corrected chi connectivity index (χ1v) is 12.4. The van der Waals surface area contributed by atoms with Gasteiger partial charge in [0.05, 0.1) is 12.6 Å². The molecule has 0 spiro atoms. The SMILES string of the molecule is [C-]#[N+]/C(C#N)=C1\C=C(CCc2cc3c4c(c2)C(C)(C)CCN4CCC3(C)C)OC(C(C)(C)C)=C1. The molecule has 3 heterocycles. The van der Waals surface area contributed by atoms with Crippen LogP contribution in [0.4, 0.5) is 5.69 Å². The first-order valence-electron chi connectivity index (χ1n) is 12.4. The molecular formula is C30H37N3O. The molecule has 4 heteroatoms. The van der Waals surface area contributed by atoms with Gasteiger partial charge in [0.1, 0.15) is 11.5 Å². The number of benzene rings is 1. The molecule has 0 atom stereocenters. The Balaban J connectivity index is 1.69. The van der Waals surface area contributed by atoms with Crippen molar-refractivity contribution in [3.05, 3.63) is 75.2 Å². The number of ether oxygens (including phenoxy) is 1. The van der Waals surface area contributed by atoms with Crippen LogP contribution < -0.4 is 4.90 Å². The van der Waals surface area contributed by atoms with Gasteiger partial charge in [0.25, 0.3) is 5.70 Å². The molecule has 0 bridgehead atoms. The molecule has 0 radical (unpaired) electrons. The maximum Gasteiger partial charge on any atom is 0.269 e. The molecule has 0 fully saturated rings. The van der Waals surface area contributed by atoms with Crippen molar-refractivity contribution < 1.29 is 4.74 Å². The molecule has 0 amide bonds. The minimum absolute atomic E-state index is 0.115. The Hall–Kier alpha value is -2.98. The lowest BCUT2D eigenvalue weighted by Gasteiger charge is -2.48. The van der Waals surface area contributed by atoms with Gasteiger partial charge in [0.15, 0.2) is 0 Å². The predicted octanol–water partition coefficient (Wildman–Crippen LogP) is 7.33. The van der Waals surface area contributed by atoms with Crippen molar-refractivity contribution in [2.75, 3.05) is 18.0 Å². The van der Waals surface area contributed by atoms with E-state index in [2.05, 4.69) is 70.3 Å². The number of hydrogen-bond donors (Lipinski definition) is 0. The Morgan fingerprint density at radius 1 is 1.06 bits per heavy atom. The van der Waals surface area contributed by atoms with Crippen molar-refractivity contribution in [1.29, 1.82) is 5.26 Å². The summed E-state index contributed by atoms with van der Waals surface area (Å²) >= 11 is 0. The van der Waals surface area contributed by atoms with Crippen LogP contribution in [0.3, 0.4) is 0 Å². The van der Waals surface area contributed by atoms with E-state index < -0.39 is 0 Å². The molecule has 0 aliphatic carbocycles. The number of hydrogen-bond acceptors (Lipinski definition) is 3. The van der Waals surface area contributed by atoms with Gasteiger partial charge >= 0.3 is 0 Å². The normalized spacial score (nSPS) is 21.9. The molecule has 0 unspecified atom stereocenters. The number of rotatable bonds is 3. The van der Waals surface area contributed by atoms with E-state index in [0.717, 1.165) is 37.4 Å². The van der Waals surface area contributed by atoms with E-state index in [4.69, 9.17) is 11.3 Å². The molecule has 34 heavy (non-hydrogen) atoms. The van der Waals surface area contributed by atoms with Crippen LogP contribution in [0.1, 0.15) is 84.4 Å². The summed E-state index contributed by atoms with van der Waals surface area (Å²) in [4.78, 5) is 6.04. The van der Waals surface area contributed by atoms with Crippen LogP contribution in [0.5, 0.6) is 0 Å². The Morgan fingerprint density at radius 3 is 2.15 bits per heavy atom. The number of nitriles is 1. The fourth-order valence-electron chi connectivity index (χ4n) is 5.25. The number of nitrogens with zero attached hydrogens (tertiary/aromatic N) is 3. The first-order chi connectivity index (χ1) is 15.9. The Bertz CT molecular complexity index is 1130. The second kappa shape index (κ2) is 8.35. The highest BCUT2D eigenvalue weighted by molar-refractivity contribution is 5.68. The molecule has 4 rings (SSSR count). The van der Waals surface area contributed by atoms with E-state index in [1.165, 1.54) is 35.2 Å². The summed E-state index contributed by atoms with van der Waals surface area (Å²) in [6, 6.07) is 6.89. The monoisotopic (exact) mass is 455 g/mol. The maximum absolute atomic E-state index is 9.43. The topological polar surface area (TPSA) is 40.6 Å². The third kappa shape index (κ3) is 4.39. The zero-order chi connectivity index (χ0) is 24.9. The maximum atomic E-state index is 9.43. The van der Waals surface area contributed by atoms with Gasteiger partial charge in [-0.1, -0.05) is 60.6 Å². The second-order valence-corrected chi connectivity index (χ2v) is 12.3. The van der Waals surface area contributed by atoms with Gasteiger partial charge in [-0.15, -0.1) is 0 Å². The van der Waals surface area contributed by atoms with Crippen LogP contribution in [-0.4, -0.2) is 13.1 Å². The van der Waals surface area contributed by atoms with Crippen LogP contribution in [-0.2, 0) is 22.0 Å². The van der Waals surface area contributed by atoms with Gasteiger partial charge in [0.2, 0.25) is 0 Å². The zero-order valence-electron chi connectivity index (χ0n) is 21.8. The first kappa shape index (κ1) is 24.2. The van der Waals surface area contributed by atoms with E-state index in [1.807, 2.05) is 18.2 Å². The molecule has 1 aromatic rings. The van der Waals surface area contributed by atoms with Gasteiger partial charge in [-0.05, 0) is 64.5 Å². The van der Waals surface area contributed by atoms with Gasteiger partial charge in [-0.2, -0.15) is 0 Å². The summed E-state index contributed by atoms with van der Waals surface area (Å²) in [5.74, 6) is 1.63. The van der Waals surface area contributed by atoms with Crippen molar-refractivity contribution in [2.24, 2.45) is 5.41 Å². The average molecular weight is 456 g/mol. The van der Waals surface area contributed by atoms with Crippen LogP contribution in [0.15, 0.2) is 47.1 Å². The summed E-state index contributed by atoms with van der Waals surface area (Å²) in [5, 5.41) is 9.43. The molecule has 1 aromatic carbocycles. The molecule has 0 aromatic heterocycles. The van der Waals surface area contributed by atoms with E-state index in [-0.39, 0.29) is 21.9 Å². The number of anilines is 1. The average Bonchev–Trinajstić information content (AvgIpc) is 2.76. The highest BCUT2D eigenvalue weighted by Crippen LogP contribution is 2.49. The largest absolute Gasteiger partial charge is 0.466 e. The van der Waals surface area contributed by atoms with Gasteiger partial charge in [-0.25, -0.2) is 10.1 Å². The fourth-order valence-corrected chi connectivity index (χ4v) is 5.25. The van der Waals surface area contributed by atoms with Crippen LogP contribution in [0, 0.1) is 23.3 Å². The lowest BCUT2D eigenvalue weighted by atomic mass is 9.69. The third-order valence-corrected chi connectivity index (χ3v) is 7.69. The molecule has 3 aliphatic heterocycles. The molecule has 178 valence electrons. The molecule has 0 saturated carbocycles. The molecule has 0 saturated heterocycles. The van der Waals surface area contributed by atoms with Gasteiger partial charge < -0.3 is 9.64 Å². The molecule has 4 nitrogen and oxygen atoms in total. The fraction of sp³-hybridized carbons (Fsp3) is 0.533. The molecule has 3 aliphatic rings. The minimum atomic E-state index is -0.207. The number of allylic oxidation sites excluding steroid dienone is 6. The van der Waals surface area contributed by atoms with Crippen LogP contribution in [0.25, 0.3) is 4.85 Å². The third-order valence-electron chi connectivity index (χ3n) is 7.69. The standard InChI is InChI=1S/C30H37N3O/c1-28(2,3)26-18-21(25(19-31)32-8)17-22(34-26)10-9-20-15-23-27-24(16-20)30(6,7)12-14-33(27)13-11-29(23,4)5/h15-18H,9-14H2,1-7H3/b25-21+. The van der Waals surface area contributed by atoms with Gasteiger partial charge in [0, 0.05) is 30.6 Å². The van der Waals surface area contributed by atoms with E-state index in [9.17, 15) is 5.26 Å². The van der Waals surface area contributed by atoms with Crippen molar-refractivity contribution >= 4 is 5.69 Å². The second-order valence-electron chi connectivity index (χ2n) is 12.3. The highest BCUT2D eigenvalue weighted by Gasteiger charge is 2.40. The van der Waals surface area contributed by atoms with E-state index in [1.54, 1.807) is 0 Å². The summed E-state index contributed by atoms with van der Waals surface area (Å²) < 4.78 is 6.29. The van der Waals surface area contributed by atoms with Crippen molar-refractivity contribution in [3.8, 4) is 6.07 Å². The predicted molar refractivity (Wildman–Crippen MR) is 138 cm³/mol. The number of aryl methyl sites for hydroxylation is 1. The Kier molecular flexibility index (Phi) is 5.93. The highest BCUT2D eigenvalue weighted by atomic mass is 16.5. The summed E-state index contributed by atoms with van der Waals surface area (Å²) in [5.41, 5.74) is 6.67. The smallest absolute Gasteiger partial charge is 0.269 e. The zero-order valence-corrected chi connectivity index (χ0v) is 21.8. The lowest BCUT2D eigenvalue weighted by molar-refractivity contribution is 0.205. The van der Waals surface area contributed by atoms with Crippen LogP contribution in [0.2, 0.25) is 0 Å². The lowest BCUT2D eigenvalue weighted by Crippen LogP contribution is -2.44. The van der Waals surface area contributed by atoms with Crippen molar-refractivity contribution in [1.82, 2.24) is 0 Å². The molecule has 0 N–H and O–H groups in total. The summed E-state index contributed by atoms with van der Waals surface area (Å²) in [7, 11) is 0. The molecular weight excluding hydrogens is 418 g/mol. The Morgan fingerprint density at radius 2 is 1.65 bits per heavy atom. The summed E-state index contributed by atoms with van der Waals surface area (Å²) in [6.45, 7) is 25.5.